The summed E-state index contributed by atoms with van der Waals surface area (Å²) in [6, 6.07) is 5.47. The Morgan fingerprint density at radius 2 is 1.90 bits per heavy atom. The number of hydrogen-bond acceptors (Lipinski definition) is 6. The number of ether oxygens (including phenoxy) is 3. The highest BCUT2D eigenvalue weighted by Gasteiger charge is 2.16. The third-order valence-corrected chi connectivity index (χ3v) is 2.80. The van der Waals surface area contributed by atoms with Gasteiger partial charge in [0.05, 0.1) is 20.3 Å². The van der Waals surface area contributed by atoms with Crippen molar-refractivity contribution in [2.45, 2.75) is 32.8 Å². The van der Waals surface area contributed by atoms with Gasteiger partial charge in [0, 0.05) is 6.42 Å². The Morgan fingerprint density at radius 1 is 1.24 bits per heavy atom. The van der Waals surface area contributed by atoms with E-state index in [-0.39, 0.29) is 18.2 Å². The fraction of sp³-hybridized carbons (Fsp3) is 0.467. The Morgan fingerprint density at radius 3 is 2.43 bits per heavy atom. The van der Waals surface area contributed by atoms with Gasteiger partial charge in [-0.2, -0.15) is 0 Å². The van der Waals surface area contributed by atoms with E-state index in [2.05, 4.69) is 5.16 Å². The Balaban J connectivity index is 2.71. The number of methoxy groups -OCH3 is 2. The molecule has 116 valence electrons. The number of hydrogen-bond donors (Lipinski definition) is 1. The van der Waals surface area contributed by atoms with E-state index < -0.39 is 5.97 Å². The molecule has 1 rings (SSSR count). The molecule has 0 radical (unpaired) electrons. The van der Waals surface area contributed by atoms with E-state index in [0.717, 1.165) is 5.56 Å². The molecule has 0 aromatic heterocycles. The molecule has 6 heteroatoms. The number of carbonyl (C=O) groups is 1. The number of carbonyl (C=O) groups excluding carboxylic acids is 1. The van der Waals surface area contributed by atoms with Crippen LogP contribution < -0.4 is 9.47 Å². The molecule has 0 unspecified atom stereocenters. The van der Waals surface area contributed by atoms with Gasteiger partial charge in [-0.3, -0.25) is 0 Å². The molecule has 0 aliphatic heterocycles. The summed E-state index contributed by atoms with van der Waals surface area (Å²) in [6.45, 7) is 3.47. The number of aryl methyl sites for hydroxylation is 1. The molecule has 0 saturated carbocycles. The lowest BCUT2D eigenvalue weighted by Crippen LogP contribution is -2.21. The predicted octanol–water partition coefficient (Wildman–Crippen LogP) is 2.42. The number of esters is 1. The molecule has 6 nitrogen and oxygen atoms in total. The lowest BCUT2D eigenvalue weighted by molar-refractivity contribution is -0.139. The highest BCUT2D eigenvalue weighted by molar-refractivity contribution is 6.36. The predicted molar refractivity (Wildman–Crippen MR) is 78.3 cm³/mol. The first-order valence-electron chi connectivity index (χ1n) is 6.64. The highest BCUT2D eigenvalue weighted by Crippen LogP contribution is 2.28. The molecule has 21 heavy (non-hydrogen) atoms. The van der Waals surface area contributed by atoms with E-state index >= 15 is 0 Å². The minimum atomic E-state index is -0.604. The molecule has 0 aliphatic carbocycles. The average Bonchev–Trinajstić information content (AvgIpc) is 2.46. The van der Waals surface area contributed by atoms with Gasteiger partial charge in [0.15, 0.2) is 17.2 Å². The summed E-state index contributed by atoms with van der Waals surface area (Å²) in [7, 11) is 3.12. The van der Waals surface area contributed by atoms with Gasteiger partial charge in [-0.25, -0.2) is 4.79 Å². The van der Waals surface area contributed by atoms with Crippen LogP contribution in [-0.2, 0) is 16.0 Å². The molecule has 0 heterocycles. The molecule has 1 aromatic carbocycles. The maximum atomic E-state index is 11.7. The summed E-state index contributed by atoms with van der Waals surface area (Å²) in [5.74, 6) is 0.645. The number of oxime groups is 1. The molecule has 0 fully saturated rings. The van der Waals surface area contributed by atoms with Crippen LogP contribution in [0.2, 0.25) is 0 Å². The van der Waals surface area contributed by atoms with Crippen molar-refractivity contribution in [1.82, 2.24) is 0 Å². The molecule has 0 saturated heterocycles. The van der Waals surface area contributed by atoms with Gasteiger partial charge in [0.25, 0.3) is 0 Å². The second-order valence-electron chi connectivity index (χ2n) is 4.69. The fourth-order valence-electron chi connectivity index (χ4n) is 1.77. The molecule has 1 aromatic rings. The van der Waals surface area contributed by atoms with Crippen molar-refractivity contribution in [2.24, 2.45) is 5.16 Å². The highest BCUT2D eigenvalue weighted by atomic mass is 16.5. The van der Waals surface area contributed by atoms with Gasteiger partial charge in [-0.15, -0.1) is 0 Å². The smallest absolute Gasteiger partial charge is 0.356 e. The van der Waals surface area contributed by atoms with Crippen LogP contribution in [-0.4, -0.2) is 37.2 Å². The van der Waals surface area contributed by atoms with Gasteiger partial charge < -0.3 is 19.4 Å². The molecule has 0 bridgehead atoms. The standard InChI is InChI=1S/C15H21NO5/c1-10(2)21-15(17)12(16-18)7-5-11-6-8-13(19-3)14(9-11)20-4/h6,8-10,18H,5,7H2,1-4H3/b16-12+. The summed E-state index contributed by atoms with van der Waals surface area (Å²) < 4.78 is 15.4. The average molecular weight is 295 g/mol. The first-order chi connectivity index (χ1) is 10.0. The quantitative estimate of drug-likeness (QED) is 0.362. The molecule has 0 amide bonds. The monoisotopic (exact) mass is 295 g/mol. The van der Waals surface area contributed by atoms with Crippen molar-refractivity contribution < 1.29 is 24.2 Å². The van der Waals surface area contributed by atoms with E-state index in [1.54, 1.807) is 34.1 Å². The Hall–Kier alpha value is -2.24. The maximum absolute atomic E-state index is 11.7. The van der Waals surface area contributed by atoms with Crippen molar-refractivity contribution in [1.29, 1.82) is 0 Å². The van der Waals surface area contributed by atoms with E-state index in [1.807, 2.05) is 12.1 Å². The number of benzene rings is 1. The number of nitrogens with zero attached hydrogens (tertiary/aromatic N) is 1. The Labute approximate surface area is 124 Å². The van der Waals surface area contributed by atoms with Crippen molar-refractivity contribution in [2.75, 3.05) is 14.2 Å². The summed E-state index contributed by atoms with van der Waals surface area (Å²) in [5.41, 5.74) is 0.935. The zero-order valence-electron chi connectivity index (χ0n) is 12.8. The summed E-state index contributed by atoms with van der Waals surface area (Å²) in [6.07, 6.45) is 0.542. The maximum Gasteiger partial charge on any atom is 0.356 e. The van der Waals surface area contributed by atoms with E-state index in [9.17, 15) is 4.79 Å². The van der Waals surface area contributed by atoms with Crippen molar-refractivity contribution in [3.8, 4) is 11.5 Å². The van der Waals surface area contributed by atoms with Crippen LogP contribution in [0.4, 0.5) is 0 Å². The minimum absolute atomic E-state index is 0.00140. The van der Waals surface area contributed by atoms with Gasteiger partial charge in [0.1, 0.15) is 0 Å². The third kappa shape index (κ3) is 4.98. The van der Waals surface area contributed by atoms with Crippen molar-refractivity contribution in [3.63, 3.8) is 0 Å². The summed E-state index contributed by atoms with van der Waals surface area (Å²) >= 11 is 0. The lowest BCUT2D eigenvalue weighted by atomic mass is 10.1. The first kappa shape index (κ1) is 16.8. The largest absolute Gasteiger partial charge is 0.493 e. The molecule has 0 spiro atoms. The van der Waals surface area contributed by atoms with E-state index in [4.69, 9.17) is 19.4 Å². The molecule has 1 N–H and O–H groups in total. The van der Waals surface area contributed by atoms with E-state index in [1.165, 1.54) is 0 Å². The van der Waals surface area contributed by atoms with E-state index in [0.29, 0.717) is 17.9 Å². The second-order valence-corrected chi connectivity index (χ2v) is 4.69. The molecule has 0 aliphatic rings. The van der Waals surface area contributed by atoms with Crippen LogP contribution in [0, 0.1) is 0 Å². The minimum Gasteiger partial charge on any atom is -0.493 e. The van der Waals surface area contributed by atoms with Gasteiger partial charge >= 0.3 is 5.97 Å². The van der Waals surface area contributed by atoms with Crippen LogP contribution in [0.3, 0.4) is 0 Å². The van der Waals surface area contributed by atoms with Gasteiger partial charge in [-0.1, -0.05) is 11.2 Å². The van der Waals surface area contributed by atoms with Crippen LogP contribution >= 0.6 is 0 Å². The molecule has 0 atom stereocenters. The zero-order valence-corrected chi connectivity index (χ0v) is 12.8. The number of rotatable bonds is 7. The van der Waals surface area contributed by atoms with Crippen LogP contribution in [0.15, 0.2) is 23.4 Å². The van der Waals surface area contributed by atoms with Crippen LogP contribution in [0.25, 0.3) is 0 Å². The van der Waals surface area contributed by atoms with Crippen LogP contribution in [0.1, 0.15) is 25.8 Å². The topological polar surface area (TPSA) is 77.4 Å². The van der Waals surface area contributed by atoms with Crippen molar-refractivity contribution >= 4 is 11.7 Å². The SMILES string of the molecule is COc1ccc(CC/C(=N\O)C(=O)OC(C)C)cc1OC. The van der Waals surface area contributed by atoms with Crippen molar-refractivity contribution in [3.05, 3.63) is 23.8 Å². The van der Waals surface area contributed by atoms with Crippen LogP contribution in [0.5, 0.6) is 11.5 Å². The fourth-order valence-corrected chi connectivity index (χ4v) is 1.77. The Kier molecular flexibility index (Phi) is 6.52. The summed E-state index contributed by atoms with van der Waals surface area (Å²) in [5, 5.41) is 11.9. The first-order valence-corrected chi connectivity index (χ1v) is 6.64. The normalized spacial score (nSPS) is 11.4. The molecular weight excluding hydrogens is 274 g/mol. The van der Waals surface area contributed by atoms with Gasteiger partial charge in [0.2, 0.25) is 0 Å². The van der Waals surface area contributed by atoms with Gasteiger partial charge in [-0.05, 0) is 38.0 Å². The zero-order chi connectivity index (χ0) is 15.8. The lowest BCUT2D eigenvalue weighted by Gasteiger charge is -2.11. The Bertz CT molecular complexity index is 511. The second kappa shape index (κ2) is 8.14. The third-order valence-electron chi connectivity index (χ3n) is 2.80. The summed E-state index contributed by atoms with van der Waals surface area (Å²) in [4.78, 5) is 11.7. The molecular formula is C15H21NO5.